The first kappa shape index (κ1) is 10.7. The quantitative estimate of drug-likeness (QED) is 0.783. The van der Waals surface area contributed by atoms with Crippen LogP contribution < -0.4 is 5.73 Å². The molecule has 0 saturated heterocycles. The largest absolute Gasteiger partial charge is 0.393 e. The number of fused-ring (bicyclic) bond motifs is 1. The van der Waals surface area contributed by atoms with Gasteiger partial charge in [0.25, 0.3) is 0 Å². The van der Waals surface area contributed by atoms with Gasteiger partial charge in [-0.1, -0.05) is 18.2 Å². The molecular formula is C14H16N2O. The smallest absolute Gasteiger partial charge is 0.0708 e. The second-order valence-corrected chi connectivity index (χ2v) is 5.05. The fourth-order valence-electron chi connectivity index (χ4n) is 2.72. The zero-order valence-electron chi connectivity index (χ0n) is 9.85. The van der Waals surface area contributed by atoms with Crippen LogP contribution in [-0.4, -0.2) is 16.2 Å². The molecule has 3 rings (SSSR count). The standard InChI is InChI=1S/C14H16N2O/c1-9-6-12(14(15)7-10(17)8-14)11-4-2-3-5-13(11)16-9/h2-6,10,17H,7-8,15H2,1H3. The van der Waals surface area contributed by atoms with Crippen molar-refractivity contribution in [1.82, 2.24) is 4.98 Å². The highest BCUT2D eigenvalue weighted by Crippen LogP contribution is 2.41. The number of hydrogen-bond donors (Lipinski definition) is 2. The van der Waals surface area contributed by atoms with Gasteiger partial charge in [-0.2, -0.15) is 0 Å². The number of hydrogen-bond acceptors (Lipinski definition) is 3. The molecule has 0 aliphatic heterocycles. The van der Waals surface area contributed by atoms with Crippen LogP contribution in [0, 0.1) is 6.92 Å². The maximum Gasteiger partial charge on any atom is 0.0708 e. The summed E-state index contributed by atoms with van der Waals surface area (Å²) < 4.78 is 0. The Labute approximate surface area is 100 Å². The molecule has 17 heavy (non-hydrogen) atoms. The first-order valence-electron chi connectivity index (χ1n) is 5.92. The van der Waals surface area contributed by atoms with Crippen molar-refractivity contribution in [3.8, 4) is 0 Å². The molecule has 0 unspecified atom stereocenters. The van der Waals surface area contributed by atoms with Crippen LogP contribution in [0.3, 0.4) is 0 Å². The van der Waals surface area contributed by atoms with Crippen LogP contribution >= 0.6 is 0 Å². The molecule has 1 fully saturated rings. The van der Waals surface area contributed by atoms with Crippen LogP contribution in [0.1, 0.15) is 24.1 Å². The number of para-hydroxylation sites is 1. The van der Waals surface area contributed by atoms with Gasteiger partial charge in [0.15, 0.2) is 0 Å². The molecule has 1 heterocycles. The first-order chi connectivity index (χ1) is 8.08. The monoisotopic (exact) mass is 228 g/mol. The summed E-state index contributed by atoms with van der Waals surface area (Å²) in [4.78, 5) is 4.51. The van der Waals surface area contributed by atoms with E-state index in [1.165, 1.54) is 0 Å². The molecule has 88 valence electrons. The molecular weight excluding hydrogens is 212 g/mol. The molecule has 3 heteroatoms. The van der Waals surface area contributed by atoms with E-state index < -0.39 is 0 Å². The van der Waals surface area contributed by atoms with Crippen molar-refractivity contribution in [2.24, 2.45) is 5.73 Å². The zero-order chi connectivity index (χ0) is 12.0. The summed E-state index contributed by atoms with van der Waals surface area (Å²) in [6.45, 7) is 1.98. The van der Waals surface area contributed by atoms with Crippen molar-refractivity contribution >= 4 is 10.9 Å². The van der Waals surface area contributed by atoms with E-state index in [1.54, 1.807) is 0 Å². The first-order valence-corrected chi connectivity index (χ1v) is 5.92. The summed E-state index contributed by atoms with van der Waals surface area (Å²) in [7, 11) is 0. The Morgan fingerprint density at radius 2 is 2.06 bits per heavy atom. The Morgan fingerprint density at radius 1 is 1.35 bits per heavy atom. The molecule has 1 aliphatic carbocycles. The van der Waals surface area contributed by atoms with E-state index in [2.05, 4.69) is 11.1 Å². The van der Waals surface area contributed by atoms with Crippen molar-refractivity contribution in [2.45, 2.75) is 31.4 Å². The zero-order valence-corrected chi connectivity index (χ0v) is 9.85. The lowest BCUT2D eigenvalue weighted by atomic mass is 9.69. The highest BCUT2D eigenvalue weighted by atomic mass is 16.3. The molecule has 1 saturated carbocycles. The van der Waals surface area contributed by atoms with E-state index in [4.69, 9.17) is 5.73 Å². The predicted molar refractivity (Wildman–Crippen MR) is 67.6 cm³/mol. The van der Waals surface area contributed by atoms with Gasteiger partial charge >= 0.3 is 0 Å². The number of aliphatic hydroxyl groups is 1. The summed E-state index contributed by atoms with van der Waals surface area (Å²) in [6.07, 6.45) is 1.02. The van der Waals surface area contributed by atoms with Gasteiger partial charge in [0.2, 0.25) is 0 Å². The predicted octanol–water partition coefficient (Wildman–Crippen LogP) is 1.85. The number of nitrogens with two attached hydrogens (primary N) is 1. The van der Waals surface area contributed by atoms with E-state index in [1.807, 2.05) is 31.2 Å². The average molecular weight is 228 g/mol. The maximum atomic E-state index is 9.49. The Bertz CT molecular complexity index is 573. The van der Waals surface area contributed by atoms with Crippen molar-refractivity contribution in [2.75, 3.05) is 0 Å². The minimum absolute atomic E-state index is 0.257. The highest BCUT2D eigenvalue weighted by molar-refractivity contribution is 5.83. The lowest BCUT2D eigenvalue weighted by molar-refractivity contribution is 0.0216. The van der Waals surface area contributed by atoms with Crippen molar-refractivity contribution in [1.29, 1.82) is 0 Å². The fraction of sp³-hybridized carbons (Fsp3) is 0.357. The Hall–Kier alpha value is -1.45. The maximum absolute atomic E-state index is 9.49. The third-order valence-electron chi connectivity index (χ3n) is 3.58. The SMILES string of the molecule is Cc1cc(C2(N)CC(O)C2)c2ccccc2n1. The molecule has 0 radical (unpaired) electrons. The Kier molecular flexibility index (Phi) is 2.21. The summed E-state index contributed by atoms with van der Waals surface area (Å²) >= 11 is 0. The van der Waals surface area contributed by atoms with Crippen LogP contribution in [-0.2, 0) is 5.54 Å². The van der Waals surface area contributed by atoms with Gasteiger partial charge in [0, 0.05) is 16.6 Å². The fourth-order valence-corrected chi connectivity index (χ4v) is 2.72. The molecule has 0 spiro atoms. The van der Waals surface area contributed by atoms with Crippen molar-refractivity contribution in [3.05, 3.63) is 41.6 Å². The van der Waals surface area contributed by atoms with Crippen LogP contribution in [0.15, 0.2) is 30.3 Å². The number of nitrogens with zero attached hydrogens (tertiary/aromatic N) is 1. The molecule has 0 amide bonds. The minimum Gasteiger partial charge on any atom is -0.393 e. The topological polar surface area (TPSA) is 59.1 Å². The Morgan fingerprint density at radius 3 is 2.76 bits per heavy atom. The summed E-state index contributed by atoms with van der Waals surface area (Å²) in [6, 6.07) is 10.1. The summed E-state index contributed by atoms with van der Waals surface area (Å²) in [5, 5.41) is 10.6. The second kappa shape index (κ2) is 3.52. The normalized spacial score (nSPS) is 28.1. The van der Waals surface area contributed by atoms with Crippen LogP contribution in [0.4, 0.5) is 0 Å². The van der Waals surface area contributed by atoms with Crippen LogP contribution in [0.2, 0.25) is 0 Å². The number of aromatic nitrogens is 1. The minimum atomic E-state index is -0.382. The number of rotatable bonds is 1. The lowest BCUT2D eigenvalue weighted by Crippen LogP contribution is -2.51. The van der Waals surface area contributed by atoms with Gasteiger partial charge in [-0.3, -0.25) is 4.98 Å². The molecule has 1 aliphatic rings. The average Bonchev–Trinajstić information content (AvgIpc) is 2.26. The van der Waals surface area contributed by atoms with Gasteiger partial charge in [0.1, 0.15) is 0 Å². The van der Waals surface area contributed by atoms with Gasteiger partial charge in [0.05, 0.1) is 11.6 Å². The number of benzene rings is 1. The molecule has 0 atom stereocenters. The Balaban J connectivity index is 2.22. The molecule has 0 bridgehead atoms. The number of aryl methyl sites for hydroxylation is 1. The van der Waals surface area contributed by atoms with Crippen molar-refractivity contribution in [3.63, 3.8) is 0 Å². The van der Waals surface area contributed by atoms with Gasteiger partial charge in [-0.15, -0.1) is 0 Å². The molecule has 3 nitrogen and oxygen atoms in total. The third-order valence-corrected chi connectivity index (χ3v) is 3.58. The van der Waals surface area contributed by atoms with Gasteiger partial charge < -0.3 is 10.8 Å². The second-order valence-electron chi connectivity index (χ2n) is 5.05. The number of pyridine rings is 1. The van der Waals surface area contributed by atoms with Crippen LogP contribution in [0.5, 0.6) is 0 Å². The summed E-state index contributed by atoms with van der Waals surface area (Å²) in [5.74, 6) is 0. The third kappa shape index (κ3) is 1.63. The highest BCUT2D eigenvalue weighted by Gasteiger charge is 2.42. The summed E-state index contributed by atoms with van der Waals surface area (Å²) in [5.41, 5.74) is 9.05. The van der Waals surface area contributed by atoms with E-state index in [9.17, 15) is 5.11 Å². The van der Waals surface area contributed by atoms with Gasteiger partial charge in [-0.05, 0) is 37.5 Å². The van der Waals surface area contributed by atoms with Crippen LogP contribution in [0.25, 0.3) is 10.9 Å². The molecule has 1 aromatic heterocycles. The van der Waals surface area contributed by atoms with E-state index in [-0.39, 0.29) is 11.6 Å². The molecule has 3 N–H and O–H groups in total. The van der Waals surface area contributed by atoms with E-state index >= 15 is 0 Å². The molecule has 1 aromatic carbocycles. The van der Waals surface area contributed by atoms with E-state index in [0.29, 0.717) is 12.8 Å². The van der Waals surface area contributed by atoms with Gasteiger partial charge in [-0.25, -0.2) is 0 Å². The van der Waals surface area contributed by atoms with Crippen molar-refractivity contribution < 1.29 is 5.11 Å². The molecule has 2 aromatic rings. The lowest BCUT2D eigenvalue weighted by Gasteiger charge is -2.43. The van der Waals surface area contributed by atoms with E-state index in [0.717, 1.165) is 22.2 Å². The number of aliphatic hydroxyl groups excluding tert-OH is 1.